The highest BCUT2D eigenvalue weighted by Gasteiger charge is 2.32. The fourth-order valence-electron chi connectivity index (χ4n) is 1.43. The van der Waals surface area contributed by atoms with Gasteiger partial charge < -0.3 is 15.2 Å². The molecular weight excluding hydrogens is 265 g/mol. The van der Waals surface area contributed by atoms with Gasteiger partial charge in [0.1, 0.15) is 0 Å². The molecule has 0 aromatic carbocycles. The fourth-order valence-corrected chi connectivity index (χ4v) is 1.43. The molecule has 0 radical (unpaired) electrons. The second-order valence-electron chi connectivity index (χ2n) is 3.55. The van der Waals surface area contributed by atoms with E-state index in [-0.39, 0.29) is 24.4 Å². The number of hydrogen-bond donors (Lipinski definition) is 1. The maximum atomic E-state index is 12.1. The molecule has 0 bridgehead atoms. The van der Waals surface area contributed by atoms with Gasteiger partial charge in [0.25, 0.3) is 0 Å². The van der Waals surface area contributed by atoms with Crippen LogP contribution in [0.5, 0.6) is 5.88 Å². The van der Waals surface area contributed by atoms with Crippen molar-refractivity contribution in [1.29, 1.82) is 0 Å². The Morgan fingerprint density at radius 3 is 2.58 bits per heavy atom. The van der Waals surface area contributed by atoms with Crippen molar-refractivity contribution in [2.75, 3.05) is 6.61 Å². The molecule has 1 aromatic heterocycles. The van der Waals surface area contributed by atoms with Crippen LogP contribution in [0.4, 0.5) is 13.2 Å². The number of hydrogen-bond acceptors (Lipinski definition) is 5. The molecule has 0 aliphatic carbocycles. The lowest BCUT2D eigenvalue weighted by atomic mass is 10.1. The van der Waals surface area contributed by atoms with Crippen LogP contribution in [-0.2, 0) is 11.3 Å². The summed E-state index contributed by atoms with van der Waals surface area (Å²) in [7, 11) is 0. The first kappa shape index (κ1) is 15.2. The molecule has 0 atom stereocenters. The van der Waals surface area contributed by atoms with E-state index >= 15 is 0 Å². The second-order valence-corrected chi connectivity index (χ2v) is 3.55. The summed E-state index contributed by atoms with van der Waals surface area (Å²) < 4.78 is 44.9. The van der Waals surface area contributed by atoms with Gasteiger partial charge in [-0.05, 0) is 19.4 Å². The number of aromatic nitrogens is 1. The fraction of sp³-hybridized carbons (Fsp3) is 0.455. The molecule has 1 aromatic rings. The Kier molecular flexibility index (Phi) is 4.71. The van der Waals surface area contributed by atoms with Crippen LogP contribution in [0.3, 0.4) is 0 Å². The highest BCUT2D eigenvalue weighted by Crippen LogP contribution is 2.25. The van der Waals surface area contributed by atoms with E-state index < -0.39 is 18.2 Å². The van der Waals surface area contributed by atoms with Gasteiger partial charge in [0, 0.05) is 12.6 Å². The minimum absolute atomic E-state index is 0.0449. The zero-order valence-electron chi connectivity index (χ0n) is 10.4. The number of rotatable bonds is 4. The standard InChI is InChI=1S/C11H13F3N2O3/c1-3-18-10(17)7-4-9(19-11(12,13)14)16-8(5-15)6(7)2/h4H,3,5,15H2,1-2H3. The van der Waals surface area contributed by atoms with Gasteiger partial charge in [-0.25, -0.2) is 9.78 Å². The second kappa shape index (κ2) is 5.87. The number of ether oxygens (including phenoxy) is 2. The van der Waals surface area contributed by atoms with Crippen molar-refractivity contribution >= 4 is 5.97 Å². The summed E-state index contributed by atoms with van der Waals surface area (Å²) in [5.41, 5.74) is 5.84. The Balaban J connectivity index is 3.22. The SMILES string of the molecule is CCOC(=O)c1cc(OC(F)(F)F)nc(CN)c1C. The van der Waals surface area contributed by atoms with E-state index in [1.165, 1.54) is 6.92 Å². The van der Waals surface area contributed by atoms with Gasteiger partial charge in [0.2, 0.25) is 5.88 Å². The summed E-state index contributed by atoms with van der Waals surface area (Å²) in [6, 6.07) is 0.889. The zero-order chi connectivity index (χ0) is 14.6. The summed E-state index contributed by atoms with van der Waals surface area (Å²) in [5, 5.41) is 0. The smallest absolute Gasteiger partial charge is 0.462 e. The Morgan fingerprint density at radius 1 is 1.47 bits per heavy atom. The van der Waals surface area contributed by atoms with Crippen molar-refractivity contribution in [2.45, 2.75) is 26.8 Å². The largest absolute Gasteiger partial charge is 0.574 e. The number of carbonyl (C=O) groups excluding carboxylic acids is 1. The van der Waals surface area contributed by atoms with Crippen LogP contribution in [0.25, 0.3) is 0 Å². The van der Waals surface area contributed by atoms with E-state index in [9.17, 15) is 18.0 Å². The van der Waals surface area contributed by atoms with Crippen LogP contribution in [0, 0.1) is 6.92 Å². The topological polar surface area (TPSA) is 74.4 Å². The van der Waals surface area contributed by atoms with Crippen LogP contribution in [-0.4, -0.2) is 23.9 Å². The lowest BCUT2D eigenvalue weighted by Gasteiger charge is -2.13. The van der Waals surface area contributed by atoms with E-state index in [0.717, 1.165) is 6.07 Å². The molecule has 0 saturated heterocycles. The van der Waals surface area contributed by atoms with Gasteiger partial charge in [-0.15, -0.1) is 13.2 Å². The van der Waals surface area contributed by atoms with E-state index in [0.29, 0.717) is 5.56 Å². The third kappa shape index (κ3) is 4.09. The molecular formula is C11H13F3N2O3. The molecule has 5 nitrogen and oxygen atoms in total. The predicted molar refractivity (Wildman–Crippen MR) is 59.5 cm³/mol. The van der Waals surface area contributed by atoms with Crippen LogP contribution in [0.1, 0.15) is 28.5 Å². The molecule has 0 unspecified atom stereocenters. The first-order chi connectivity index (χ1) is 8.78. The van der Waals surface area contributed by atoms with Crippen molar-refractivity contribution in [3.8, 4) is 5.88 Å². The highest BCUT2D eigenvalue weighted by atomic mass is 19.4. The van der Waals surface area contributed by atoms with Gasteiger partial charge in [-0.3, -0.25) is 0 Å². The summed E-state index contributed by atoms with van der Waals surface area (Å²) in [6.07, 6.45) is -4.89. The van der Waals surface area contributed by atoms with Gasteiger partial charge in [0.15, 0.2) is 0 Å². The molecule has 0 spiro atoms. The van der Waals surface area contributed by atoms with E-state index in [4.69, 9.17) is 10.5 Å². The molecule has 0 amide bonds. The number of nitrogens with two attached hydrogens (primary N) is 1. The Morgan fingerprint density at radius 2 is 2.11 bits per heavy atom. The molecule has 8 heteroatoms. The summed E-state index contributed by atoms with van der Waals surface area (Å²) in [5.74, 6) is -1.48. The molecule has 19 heavy (non-hydrogen) atoms. The summed E-state index contributed by atoms with van der Waals surface area (Å²) in [6.45, 7) is 3.10. The van der Waals surface area contributed by atoms with Crippen molar-refractivity contribution in [2.24, 2.45) is 5.73 Å². The molecule has 0 aliphatic heterocycles. The first-order valence-electron chi connectivity index (χ1n) is 5.42. The van der Waals surface area contributed by atoms with Gasteiger partial charge in [-0.2, -0.15) is 0 Å². The molecule has 0 saturated carbocycles. The van der Waals surface area contributed by atoms with E-state index in [1.54, 1.807) is 6.92 Å². The number of alkyl halides is 3. The van der Waals surface area contributed by atoms with Crippen molar-refractivity contribution in [1.82, 2.24) is 4.98 Å². The van der Waals surface area contributed by atoms with Crippen LogP contribution in [0.2, 0.25) is 0 Å². The van der Waals surface area contributed by atoms with Crippen molar-refractivity contribution in [3.63, 3.8) is 0 Å². The maximum absolute atomic E-state index is 12.1. The third-order valence-electron chi connectivity index (χ3n) is 2.26. The monoisotopic (exact) mass is 278 g/mol. The normalized spacial score (nSPS) is 11.3. The molecule has 1 rings (SSSR count). The van der Waals surface area contributed by atoms with Gasteiger partial charge >= 0.3 is 12.3 Å². The van der Waals surface area contributed by atoms with Crippen molar-refractivity contribution in [3.05, 3.63) is 22.9 Å². The van der Waals surface area contributed by atoms with Crippen LogP contribution >= 0.6 is 0 Å². The number of nitrogens with zero attached hydrogens (tertiary/aromatic N) is 1. The lowest BCUT2D eigenvalue weighted by molar-refractivity contribution is -0.276. The molecule has 2 N–H and O–H groups in total. The Labute approximate surface area is 107 Å². The number of carbonyl (C=O) groups is 1. The summed E-state index contributed by atoms with van der Waals surface area (Å²) >= 11 is 0. The Bertz CT molecular complexity index is 475. The van der Waals surface area contributed by atoms with E-state index in [2.05, 4.69) is 9.72 Å². The quantitative estimate of drug-likeness (QED) is 0.852. The summed E-state index contributed by atoms with van der Waals surface area (Å²) in [4.78, 5) is 15.2. The molecule has 106 valence electrons. The van der Waals surface area contributed by atoms with Gasteiger partial charge in [-0.1, -0.05) is 0 Å². The number of halogens is 3. The minimum atomic E-state index is -4.89. The zero-order valence-corrected chi connectivity index (χ0v) is 10.4. The molecule has 0 aliphatic rings. The van der Waals surface area contributed by atoms with Crippen LogP contribution < -0.4 is 10.5 Å². The first-order valence-corrected chi connectivity index (χ1v) is 5.42. The maximum Gasteiger partial charge on any atom is 0.574 e. The number of pyridine rings is 1. The average Bonchev–Trinajstić information content (AvgIpc) is 2.29. The third-order valence-corrected chi connectivity index (χ3v) is 2.26. The molecule has 0 fully saturated rings. The van der Waals surface area contributed by atoms with Gasteiger partial charge in [0.05, 0.1) is 17.9 Å². The number of esters is 1. The van der Waals surface area contributed by atoms with Crippen LogP contribution in [0.15, 0.2) is 6.07 Å². The Hall–Kier alpha value is -1.83. The highest BCUT2D eigenvalue weighted by molar-refractivity contribution is 5.91. The minimum Gasteiger partial charge on any atom is -0.462 e. The molecule has 1 heterocycles. The lowest BCUT2D eigenvalue weighted by Crippen LogP contribution is -2.20. The average molecular weight is 278 g/mol. The van der Waals surface area contributed by atoms with Crippen molar-refractivity contribution < 1.29 is 27.4 Å². The van der Waals surface area contributed by atoms with E-state index in [1.807, 2.05) is 0 Å². The predicted octanol–water partition coefficient (Wildman–Crippen LogP) is 1.92.